The number of rotatable bonds is 7. The molecule has 0 saturated heterocycles. The van der Waals surface area contributed by atoms with E-state index in [2.05, 4.69) is 10.3 Å². The highest BCUT2D eigenvalue weighted by Crippen LogP contribution is 2.20. The number of carbonyl (C=O) groups excluding carboxylic acids is 1. The predicted octanol–water partition coefficient (Wildman–Crippen LogP) is 2.54. The molecule has 2 N–H and O–H groups in total. The maximum Gasteiger partial charge on any atom is 0.355 e. The Morgan fingerprint density at radius 2 is 2.22 bits per heavy atom. The summed E-state index contributed by atoms with van der Waals surface area (Å²) in [6.07, 6.45) is 0.476. The second kappa shape index (κ2) is 7.94. The Morgan fingerprint density at radius 3 is 2.87 bits per heavy atom. The van der Waals surface area contributed by atoms with Crippen LogP contribution in [0.15, 0.2) is 23.6 Å². The fraction of sp³-hybridized carbons (Fsp3) is 0.267. The molecule has 0 saturated carbocycles. The summed E-state index contributed by atoms with van der Waals surface area (Å²) in [7, 11) is 0. The molecule has 0 spiro atoms. The molecular formula is C15H15ClN2O4S. The summed E-state index contributed by atoms with van der Waals surface area (Å²) in [4.78, 5) is 26.4. The van der Waals surface area contributed by atoms with Gasteiger partial charge in [0.25, 0.3) is 5.91 Å². The van der Waals surface area contributed by atoms with Gasteiger partial charge in [-0.3, -0.25) is 4.79 Å². The highest BCUT2D eigenvalue weighted by Gasteiger charge is 2.09. The minimum absolute atomic E-state index is 0.0257. The third kappa shape index (κ3) is 5.22. The number of carbonyl (C=O) groups is 2. The largest absolute Gasteiger partial charge is 0.484 e. The van der Waals surface area contributed by atoms with Crippen LogP contribution in [0.5, 0.6) is 5.75 Å². The molecule has 6 nitrogen and oxygen atoms in total. The second-order valence-corrected chi connectivity index (χ2v) is 6.08. The number of nitrogens with zero attached hydrogens (tertiary/aromatic N) is 1. The highest BCUT2D eigenvalue weighted by atomic mass is 35.5. The second-order valence-electron chi connectivity index (χ2n) is 4.73. The van der Waals surface area contributed by atoms with Crippen LogP contribution in [-0.4, -0.2) is 35.1 Å². The van der Waals surface area contributed by atoms with E-state index in [0.717, 1.165) is 5.56 Å². The van der Waals surface area contributed by atoms with Crippen molar-refractivity contribution in [2.24, 2.45) is 0 Å². The molecule has 0 fully saturated rings. The van der Waals surface area contributed by atoms with Gasteiger partial charge >= 0.3 is 5.97 Å². The number of ether oxygens (including phenoxy) is 1. The van der Waals surface area contributed by atoms with Gasteiger partial charge in [0.1, 0.15) is 5.75 Å². The average molecular weight is 355 g/mol. The van der Waals surface area contributed by atoms with Crippen LogP contribution in [0.3, 0.4) is 0 Å². The van der Waals surface area contributed by atoms with E-state index in [0.29, 0.717) is 28.7 Å². The summed E-state index contributed by atoms with van der Waals surface area (Å²) in [5.74, 6) is -0.733. The first-order valence-electron chi connectivity index (χ1n) is 6.79. The first-order chi connectivity index (χ1) is 11.0. The van der Waals surface area contributed by atoms with Crippen molar-refractivity contribution in [3.8, 4) is 5.75 Å². The lowest BCUT2D eigenvalue weighted by atomic mass is 10.2. The minimum Gasteiger partial charge on any atom is -0.484 e. The molecule has 2 rings (SSSR count). The normalized spacial score (nSPS) is 10.3. The van der Waals surface area contributed by atoms with E-state index in [1.807, 2.05) is 6.92 Å². The van der Waals surface area contributed by atoms with E-state index in [1.165, 1.54) is 16.7 Å². The molecule has 0 radical (unpaired) electrons. The summed E-state index contributed by atoms with van der Waals surface area (Å²) < 4.78 is 5.38. The van der Waals surface area contributed by atoms with Gasteiger partial charge in [0.05, 0.1) is 5.01 Å². The van der Waals surface area contributed by atoms with Gasteiger partial charge in [-0.1, -0.05) is 11.6 Å². The van der Waals surface area contributed by atoms with Crippen LogP contribution in [0.4, 0.5) is 0 Å². The Morgan fingerprint density at radius 1 is 1.43 bits per heavy atom. The maximum absolute atomic E-state index is 11.7. The van der Waals surface area contributed by atoms with Gasteiger partial charge in [0.15, 0.2) is 12.3 Å². The number of aromatic carboxylic acids is 1. The summed E-state index contributed by atoms with van der Waals surface area (Å²) in [5, 5.41) is 14.3. The standard InChI is InChI=1S/C15H15ClN2O4S/c1-9-6-10(2-3-11(9)16)22-7-13(19)17-5-4-14-18-12(8-23-14)15(20)21/h2-3,6,8H,4-5,7H2,1H3,(H,17,19)(H,20,21). The van der Waals surface area contributed by atoms with Crippen LogP contribution in [0.1, 0.15) is 21.1 Å². The van der Waals surface area contributed by atoms with E-state index < -0.39 is 5.97 Å². The molecule has 0 unspecified atom stereocenters. The molecule has 8 heteroatoms. The maximum atomic E-state index is 11.7. The molecular weight excluding hydrogens is 340 g/mol. The van der Waals surface area contributed by atoms with Gasteiger partial charge in [0.2, 0.25) is 0 Å². The number of carboxylic acid groups (broad SMARTS) is 1. The van der Waals surface area contributed by atoms with Crippen LogP contribution in [0, 0.1) is 6.92 Å². The van der Waals surface area contributed by atoms with Gasteiger partial charge in [-0.05, 0) is 30.7 Å². The number of hydrogen-bond acceptors (Lipinski definition) is 5. The quantitative estimate of drug-likeness (QED) is 0.797. The fourth-order valence-corrected chi connectivity index (χ4v) is 2.63. The molecule has 0 aliphatic carbocycles. The number of amides is 1. The highest BCUT2D eigenvalue weighted by molar-refractivity contribution is 7.09. The molecule has 2 aromatic rings. The van der Waals surface area contributed by atoms with E-state index in [9.17, 15) is 9.59 Å². The Kier molecular flexibility index (Phi) is 5.95. The molecule has 0 aliphatic heterocycles. The number of aryl methyl sites for hydroxylation is 1. The molecule has 122 valence electrons. The van der Waals surface area contributed by atoms with Crippen molar-refractivity contribution in [3.05, 3.63) is 44.9 Å². The predicted molar refractivity (Wildman–Crippen MR) is 87.5 cm³/mol. The third-order valence-electron chi connectivity index (χ3n) is 2.93. The van der Waals surface area contributed by atoms with Crippen LogP contribution in [0.25, 0.3) is 0 Å². The Balaban J connectivity index is 1.72. The third-order valence-corrected chi connectivity index (χ3v) is 4.26. The number of thiazole rings is 1. The van der Waals surface area contributed by atoms with Crippen molar-refractivity contribution in [1.29, 1.82) is 0 Å². The number of halogens is 1. The molecule has 1 aromatic carbocycles. The van der Waals surface area contributed by atoms with Crippen molar-refractivity contribution in [2.75, 3.05) is 13.2 Å². The SMILES string of the molecule is Cc1cc(OCC(=O)NCCc2nc(C(=O)O)cs2)ccc1Cl. The van der Waals surface area contributed by atoms with Crippen molar-refractivity contribution in [1.82, 2.24) is 10.3 Å². The van der Waals surface area contributed by atoms with Gasteiger partial charge in [-0.2, -0.15) is 0 Å². The zero-order chi connectivity index (χ0) is 16.8. The average Bonchev–Trinajstić information content (AvgIpc) is 2.97. The van der Waals surface area contributed by atoms with Crippen LogP contribution < -0.4 is 10.1 Å². The van der Waals surface area contributed by atoms with Crippen molar-refractivity contribution in [3.63, 3.8) is 0 Å². The fourth-order valence-electron chi connectivity index (χ4n) is 1.74. The van der Waals surface area contributed by atoms with E-state index >= 15 is 0 Å². The molecule has 23 heavy (non-hydrogen) atoms. The monoisotopic (exact) mass is 354 g/mol. The molecule has 0 atom stereocenters. The first-order valence-corrected chi connectivity index (χ1v) is 8.05. The summed E-state index contributed by atoms with van der Waals surface area (Å²) in [5.41, 5.74) is 0.903. The lowest BCUT2D eigenvalue weighted by molar-refractivity contribution is -0.123. The zero-order valence-corrected chi connectivity index (χ0v) is 13.9. The zero-order valence-electron chi connectivity index (χ0n) is 12.3. The Hall–Kier alpha value is -2.12. The van der Waals surface area contributed by atoms with Crippen LogP contribution >= 0.6 is 22.9 Å². The van der Waals surface area contributed by atoms with Gasteiger partial charge < -0.3 is 15.2 Å². The Bertz CT molecular complexity index is 717. The molecule has 1 amide bonds. The van der Waals surface area contributed by atoms with E-state index in [1.54, 1.807) is 18.2 Å². The molecule has 0 aliphatic rings. The lowest BCUT2D eigenvalue weighted by Crippen LogP contribution is -2.30. The minimum atomic E-state index is -1.05. The van der Waals surface area contributed by atoms with Gasteiger partial charge in [0, 0.05) is 23.4 Å². The van der Waals surface area contributed by atoms with Crippen molar-refractivity contribution >= 4 is 34.8 Å². The van der Waals surface area contributed by atoms with Crippen molar-refractivity contribution in [2.45, 2.75) is 13.3 Å². The van der Waals surface area contributed by atoms with Crippen LogP contribution in [0.2, 0.25) is 5.02 Å². The number of hydrogen-bond donors (Lipinski definition) is 2. The number of aromatic nitrogens is 1. The first kappa shape index (κ1) is 17.2. The molecule has 0 bridgehead atoms. The summed E-state index contributed by atoms with van der Waals surface area (Å²) in [6.45, 7) is 2.13. The van der Waals surface area contributed by atoms with E-state index in [4.69, 9.17) is 21.4 Å². The lowest BCUT2D eigenvalue weighted by Gasteiger charge is -2.08. The summed E-state index contributed by atoms with van der Waals surface area (Å²) >= 11 is 7.17. The van der Waals surface area contributed by atoms with E-state index in [-0.39, 0.29) is 18.2 Å². The Labute approximate surface area is 142 Å². The topological polar surface area (TPSA) is 88.5 Å². The summed E-state index contributed by atoms with van der Waals surface area (Å²) in [6, 6.07) is 5.18. The molecule has 1 aromatic heterocycles. The number of benzene rings is 1. The molecule has 1 heterocycles. The van der Waals surface area contributed by atoms with Crippen LogP contribution in [-0.2, 0) is 11.2 Å². The number of nitrogens with one attached hydrogen (secondary N) is 1. The smallest absolute Gasteiger partial charge is 0.355 e. The van der Waals surface area contributed by atoms with Gasteiger partial charge in [-0.25, -0.2) is 9.78 Å². The number of carboxylic acids is 1. The van der Waals surface area contributed by atoms with Gasteiger partial charge in [-0.15, -0.1) is 11.3 Å². The van der Waals surface area contributed by atoms with Crippen molar-refractivity contribution < 1.29 is 19.4 Å².